The molecule has 0 bridgehead atoms. The molecular weight excluding hydrogens is 174 g/mol. The van der Waals surface area contributed by atoms with Gasteiger partial charge >= 0.3 is 0 Å². The summed E-state index contributed by atoms with van der Waals surface area (Å²) in [5, 5.41) is 11.5. The average molecular weight is 185 g/mol. The van der Waals surface area contributed by atoms with E-state index in [1.165, 1.54) is 0 Å². The summed E-state index contributed by atoms with van der Waals surface area (Å²) >= 11 is 4.90. The number of nitrogens with one attached hydrogen (secondary N) is 2. The summed E-state index contributed by atoms with van der Waals surface area (Å²) in [5.74, 6) is 1.56. The van der Waals surface area contributed by atoms with Gasteiger partial charge in [-0.05, 0) is 6.92 Å². The zero-order valence-electron chi connectivity index (χ0n) is 6.79. The average Bonchev–Trinajstić information content (AvgIpc) is 1.99. The molecule has 1 aromatic rings. The van der Waals surface area contributed by atoms with Crippen LogP contribution in [0.4, 0.5) is 5.82 Å². The SMILES string of the molecule is Cc1nc(=S)cc(NCCO)[nH]1. The summed E-state index contributed by atoms with van der Waals surface area (Å²) in [5.41, 5.74) is 0. The van der Waals surface area contributed by atoms with Gasteiger partial charge in [0, 0.05) is 12.6 Å². The molecule has 3 N–H and O–H groups in total. The van der Waals surface area contributed by atoms with Crippen molar-refractivity contribution in [1.29, 1.82) is 0 Å². The second-order valence-electron chi connectivity index (χ2n) is 2.37. The highest BCUT2D eigenvalue weighted by Gasteiger charge is 1.92. The molecule has 0 radical (unpaired) electrons. The van der Waals surface area contributed by atoms with Crippen LogP contribution in [0, 0.1) is 11.6 Å². The van der Waals surface area contributed by atoms with Gasteiger partial charge in [-0.3, -0.25) is 0 Å². The number of anilines is 1. The van der Waals surface area contributed by atoms with E-state index in [2.05, 4.69) is 15.3 Å². The number of aliphatic hydroxyl groups excluding tert-OH is 1. The van der Waals surface area contributed by atoms with E-state index in [9.17, 15) is 0 Å². The number of nitrogens with zero attached hydrogens (tertiary/aromatic N) is 1. The lowest BCUT2D eigenvalue weighted by Crippen LogP contribution is -2.07. The fourth-order valence-electron chi connectivity index (χ4n) is 0.866. The van der Waals surface area contributed by atoms with Crippen molar-refractivity contribution < 1.29 is 5.11 Å². The van der Waals surface area contributed by atoms with Crippen LogP contribution in [0.15, 0.2) is 6.07 Å². The van der Waals surface area contributed by atoms with E-state index in [0.717, 1.165) is 11.6 Å². The number of aromatic amines is 1. The molecule has 5 heteroatoms. The fraction of sp³-hybridized carbons (Fsp3) is 0.429. The molecule has 0 aliphatic rings. The highest BCUT2D eigenvalue weighted by atomic mass is 32.1. The molecule has 0 saturated heterocycles. The normalized spacial score (nSPS) is 9.83. The van der Waals surface area contributed by atoms with Gasteiger partial charge in [-0.25, -0.2) is 4.98 Å². The number of aromatic nitrogens is 2. The molecule has 1 rings (SSSR count). The number of aliphatic hydroxyl groups is 1. The molecule has 1 aromatic heterocycles. The molecule has 0 amide bonds. The van der Waals surface area contributed by atoms with Crippen molar-refractivity contribution in [1.82, 2.24) is 9.97 Å². The largest absolute Gasteiger partial charge is 0.395 e. The molecule has 0 aliphatic carbocycles. The Morgan fingerprint density at radius 1 is 1.75 bits per heavy atom. The van der Waals surface area contributed by atoms with E-state index in [1.54, 1.807) is 6.07 Å². The molecule has 0 spiro atoms. The Balaban J connectivity index is 2.79. The van der Waals surface area contributed by atoms with Crippen molar-refractivity contribution in [3.05, 3.63) is 16.5 Å². The summed E-state index contributed by atoms with van der Waals surface area (Å²) in [6.07, 6.45) is 0. The van der Waals surface area contributed by atoms with Crippen LogP contribution >= 0.6 is 12.2 Å². The Morgan fingerprint density at radius 3 is 3.08 bits per heavy atom. The summed E-state index contributed by atoms with van der Waals surface area (Å²) in [7, 11) is 0. The minimum absolute atomic E-state index is 0.0992. The lowest BCUT2D eigenvalue weighted by Gasteiger charge is -2.04. The summed E-state index contributed by atoms with van der Waals surface area (Å²) < 4.78 is 0.548. The monoisotopic (exact) mass is 185 g/mol. The smallest absolute Gasteiger partial charge is 0.131 e. The lowest BCUT2D eigenvalue weighted by molar-refractivity contribution is 0.311. The molecule has 4 nitrogen and oxygen atoms in total. The highest BCUT2D eigenvalue weighted by Crippen LogP contribution is 2.01. The molecule has 0 aromatic carbocycles. The maximum atomic E-state index is 8.55. The van der Waals surface area contributed by atoms with Crippen molar-refractivity contribution in [3.63, 3.8) is 0 Å². The highest BCUT2D eigenvalue weighted by molar-refractivity contribution is 7.71. The van der Waals surface area contributed by atoms with Gasteiger partial charge in [0.15, 0.2) is 0 Å². The van der Waals surface area contributed by atoms with Crippen LogP contribution < -0.4 is 5.32 Å². The Kier molecular flexibility index (Phi) is 3.19. The van der Waals surface area contributed by atoms with Gasteiger partial charge < -0.3 is 15.4 Å². The summed E-state index contributed by atoms with van der Waals surface area (Å²) in [4.78, 5) is 6.98. The molecule has 0 unspecified atom stereocenters. The second-order valence-corrected chi connectivity index (χ2v) is 2.79. The first-order chi connectivity index (χ1) is 5.72. The Labute approximate surface area is 75.7 Å². The van der Waals surface area contributed by atoms with Gasteiger partial charge in [0.05, 0.1) is 6.61 Å². The third-order valence-electron chi connectivity index (χ3n) is 1.29. The molecule has 0 fully saturated rings. The van der Waals surface area contributed by atoms with Crippen LogP contribution in [0.3, 0.4) is 0 Å². The number of hydrogen-bond donors (Lipinski definition) is 3. The molecule has 66 valence electrons. The van der Waals surface area contributed by atoms with Gasteiger partial charge in [-0.2, -0.15) is 0 Å². The minimum Gasteiger partial charge on any atom is -0.395 e. The van der Waals surface area contributed by atoms with Crippen molar-refractivity contribution in [3.8, 4) is 0 Å². The third kappa shape index (κ3) is 2.60. The standard InChI is InChI=1S/C7H11N3OS/c1-5-9-6(8-2-3-11)4-7(12)10-5/h4,11H,2-3H2,1H3,(H2,8,9,10,12). The van der Waals surface area contributed by atoms with Gasteiger partial charge in [-0.15, -0.1) is 0 Å². The van der Waals surface area contributed by atoms with Gasteiger partial charge in [0.25, 0.3) is 0 Å². The van der Waals surface area contributed by atoms with Gasteiger partial charge in [0.1, 0.15) is 16.3 Å². The first-order valence-corrected chi connectivity index (χ1v) is 4.06. The molecule has 12 heavy (non-hydrogen) atoms. The van der Waals surface area contributed by atoms with Gasteiger partial charge in [0.2, 0.25) is 0 Å². The van der Waals surface area contributed by atoms with E-state index < -0.39 is 0 Å². The van der Waals surface area contributed by atoms with Crippen LogP contribution in [0.1, 0.15) is 5.82 Å². The molecule has 1 heterocycles. The number of hydrogen-bond acceptors (Lipinski definition) is 4. The van der Waals surface area contributed by atoms with E-state index in [4.69, 9.17) is 17.3 Å². The third-order valence-corrected chi connectivity index (χ3v) is 1.50. The van der Waals surface area contributed by atoms with E-state index in [-0.39, 0.29) is 6.61 Å². The van der Waals surface area contributed by atoms with Crippen molar-refractivity contribution in [2.45, 2.75) is 6.92 Å². The van der Waals surface area contributed by atoms with Crippen LogP contribution in [0.2, 0.25) is 0 Å². The first-order valence-electron chi connectivity index (χ1n) is 3.65. The maximum Gasteiger partial charge on any atom is 0.131 e. The Hall–Kier alpha value is -0.940. The van der Waals surface area contributed by atoms with Gasteiger partial charge in [-0.1, -0.05) is 12.2 Å². The Bertz CT molecular complexity index is 310. The Morgan fingerprint density at radius 2 is 2.50 bits per heavy atom. The first kappa shape index (κ1) is 9.15. The van der Waals surface area contributed by atoms with Crippen LogP contribution in [-0.2, 0) is 0 Å². The summed E-state index contributed by atoms with van der Waals surface area (Å²) in [6, 6.07) is 1.72. The van der Waals surface area contributed by atoms with Crippen molar-refractivity contribution >= 4 is 18.0 Å². The predicted molar refractivity (Wildman–Crippen MR) is 49.7 cm³/mol. The lowest BCUT2D eigenvalue weighted by atomic mass is 10.5. The molecule has 0 saturated carbocycles. The fourth-order valence-corrected chi connectivity index (χ4v) is 1.12. The summed E-state index contributed by atoms with van der Waals surface area (Å²) in [6.45, 7) is 2.44. The quantitative estimate of drug-likeness (QED) is 0.611. The van der Waals surface area contributed by atoms with Crippen LogP contribution in [0.25, 0.3) is 0 Å². The topological polar surface area (TPSA) is 60.9 Å². The molecular formula is C7H11N3OS. The predicted octanol–water partition coefficient (Wildman–Crippen LogP) is 0.852. The van der Waals surface area contributed by atoms with Crippen molar-refractivity contribution in [2.75, 3.05) is 18.5 Å². The van der Waals surface area contributed by atoms with Crippen LogP contribution in [0.5, 0.6) is 0 Å². The zero-order chi connectivity index (χ0) is 8.97. The van der Waals surface area contributed by atoms with Crippen molar-refractivity contribution in [2.24, 2.45) is 0 Å². The molecule has 0 aliphatic heterocycles. The second kappa shape index (κ2) is 4.18. The number of H-pyrrole nitrogens is 1. The maximum absolute atomic E-state index is 8.55. The zero-order valence-corrected chi connectivity index (χ0v) is 7.61. The van der Waals surface area contributed by atoms with E-state index >= 15 is 0 Å². The minimum atomic E-state index is 0.0992. The number of aryl methyl sites for hydroxylation is 1. The molecule has 0 atom stereocenters. The van der Waals surface area contributed by atoms with Crippen LogP contribution in [-0.4, -0.2) is 28.2 Å². The number of rotatable bonds is 3. The van der Waals surface area contributed by atoms with E-state index in [0.29, 0.717) is 11.2 Å². The van der Waals surface area contributed by atoms with E-state index in [1.807, 2.05) is 6.92 Å².